The summed E-state index contributed by atoms with van der Waals surface area (Å²) in [4.78, 5) is 10.9. The Kier molecular flexibility index (Phi) is 8.16. The lowest BCUT2D eigenvalue weighted by atomic mass is 10.2. The summed E-state index contributed by atoms with van der Waals surface area (Å²) in [6, 6.07) is 13.6. The molecule has 1 amide bonds. The first-order valence-electron chi connectivity index (χ1n) is 8.95. The van der Waals surface area contributed by atoms with Crippen molar-refractivity contribution in [2.75, 3.05) is 20.3 Å². The molecule has 6 nitrogen and oxygen atoms in total. The lowest BCUT2D eigenvalue weighted by Gasteiger charge is -2.13. The van der Waals surface area contributed by atoms with Gasteiger partial charge in [-0.1, -0.05) is 25.1 Å². The van der Waals surface area contributed by atoms with Gasteiger partial charge in [0.1, 0.15) is 5.75 Å². The van der Waals surface area contributed by atoms with Crippen molar-refractivity contribution in [2.45, 2.75) is 26.7 Å². The number of methoxy groups -OCH3 is 1. The molecule has 144 valence electrons. The Balaban J connectivity index is 1.88. The fourth-order valence-electron chi connectivity index (χ4n) is 2.39. The zero-order valence-corrected chi connectivity index (χ0v) is 16.0. The molecule has 0 heterocycles. The third kappa shape index (κ3) is 6.66. The molecule has 0 atom stereocenters. The molecule has 0 saturated carbocycles. The van der Waals surface area contributed by atoms with Crippen LogP contribution < -0.4 is 19.6 Å². The summed E-state index contributed by atoms with van der Waals surface area (Å²) in [5.74, 6) is 1.81. The van der Waals surface area contributed by atoms with Crippen molar-refractivity contribution in [1.82, 2.24) is 5.43 Å². The summed E-state index contributed by atoms with van der Waals surface area (Å²) in [5, 5.41) is 3.89. The fraction of sp³-hybridized carbons (Fsp3) is 0.333. The number of hydrogen-bond donors (Lipinski definition) is 1. The van der Waals surface area contributed by atoms with E-state index in [2.05, 4.69) is 29.6 Å². The van der Waals surface area contributed by atoms with Gasteiger partial charge in [-0.15, -0.1) is 0 Å². The molecule has 2 rings (SSSR count). The van der Waals surface area contributed by atoms with Crippen LogP contribution in [0.2, 0.25) is 0 Å². The van der Waals surface area contributed by atoms with Crippen LogP contribution in [0.1, 0.15) is 31.4 Å². The number of amides is 1. The average molecular weight is 370 g/mol. The van der Waals surface area contributed by atoms with Crippen molar-refractivity contribution in [1.29, 1.82) is 0 Å². The van der Waals surface area contributed by atoms with Crippen molar-refractivity contribution >= 4 is 12.1 Å². The summed E-state index contributed by atoms with van der Waals surface area (Å²) in [7, 11) is 1.58. The highest BCUT2D eigenvalue weighted by Gasteiger charge is 2.09. The molecule has 0 fully saturated rings. The molecule has 2 aromatic rings. The van der Waals surface area contributed by atoms with Gasteiger partial charge in [0.25, 0.3) is 0 Å². The van der Waals surface area contributed by atoms with E-state index in [1.165, 1.54) is 18.7 Å². The molecule has 1 N–H and O–H groups in total. The van der Waals surface area contributed by atoms with Crippen LogP contribution in [0.25, 0.3) is 0 Å². The predicted octanol–water partition coefficient (Wildman–Crippen LogP) is 3.58. The first-order valence-corrected chi connectivity index (χ1v) is 8.95. The molecule has 0 aliphatic carbocycles. The number of rotatable bonds is 10. The van der Waals surface area contributed by atoms with Crippen LogP contribution in [-0.2, 0) is 11.2 Å². The van der Waals surface area contributed by atoms with Gasteiger partial charge < -0.3 is 14.2 Å². The molecule has 2 aromatic carbocycles. The highest BCUT2D eigenvalue weighted by molar-refractivity contribution is 5.86. The molecule has 0 aromatic heterocycles. The first kappa shape index (κ1) is 20.3. The van der Waals surface area contributed by atoms with Gasteiger partial charge in [0.2, 0.25) is 5.91 Å². The largest absolute Gasteiger partial charge is 0.493 e. The number of hydrazone groups is 1. The van der Waals surface area contributed by atoms with Crippen LogP contribution in [0, 0.1) is 0 Å². The van der Waals surface area contributed by atoms with Gasteiger partial charge in [0, 0.05) is 18.9 Å². The molecule has 0 aliphatic rings. The molecule has 6 heteroatoms. The van der Waals surface area contributed by atoms with Crippen LogP contribution in [0.4, 0.5) is 0 Å². The van der Waals surface area contributed by atoms with E-state index in [4.69, 9.17) is 14.2 Å². The van der Waals surface area contributed by atoms with Crippen molar-refractivity contribution in [2.24, 2.45) is 5.10 Å². The fourth-order valence-corrected chi connectivity index (χ4v) is 2.39. The molecule has 0 radical (unpaired) electrons. The number of nitrogens with zero attached hydrogens (tertiary/aromatic N) is 1. The maximum atomic E-state index is 10.9. The minimum Gasteiger partial charge on any atom is -0.493 e. The third-order valence-electron chi connectivity index (χ3n) is 3.79. The van der Waals surface area contributed by atoms with Gasteiger partial charge in [-0.05, 0) is 36.2 Å². The number of carbonyl (C=O) groups is 1. The summed E-state index contributed by atoms with van der Waals surface area (Å²) in [6.07, 6.45) is 3.27. The number of para-hydroxylation sites is 1. The second kappa shape index (κ2) is 10.9. The number of nitrogens with one attached hydrogen (secondary N) is 1. The third-order valence-corrected chi connectivity index (χ3v) is 3.79. The van der Waals surface area contributed by atoms with Crippen molar-refractivity contribution < 1.29 is 19.0 Å². The van der Waals surface area contributed by atoms with Gasteiger partial charge in [0.15, 0.2) is 11.5 Å². The van der Waals surface area contributed by atoms with E-state index in [1.54, 1.807) is 7.11 Å². The van der Waals surface area contributed by atoms with E-state index in [0.717, 1.165) is 24.2 Å². The second-order valence-corrected chi connectivity index (χ2v) is 5.85. The van der Waals surface area contributed by atoms with Crippen LogP contribution in [0.15, 0.2) is 47.6 Å². The van der Waals surface area contributed by atoms with Gasteiger partial charge >= 0.3 is 0 Å². The van der Waals surface area contributed by atoms with Crippen molar-refractivity contribution in [3.63, 3.8) is 0 Å². The summed E-state index contributed by atoms with van der Waals surface area (Å²) in [6.45, 7) is 4.54. The number of benzene rings is 2. The van der Waals surface area contributed by atoms with Crippen LogP contribution in [0.5, 0.6) is 17.2 Å². The Hall–Kier alpha value is -3.02. The minimum atomic E-state index is -0.235. The number of hydrogen-bond acceptors (Lipinski definition) is 5. The van der Waals surface area contributed by atoms with Gasteiger partial charge in [0.05, 0.1) is 26.5 Å². The molecular formula is C21H26N2O4. The molecule has 0 spiro atoms. The Labute approximate surface area is 160 Å². The summed E-state index contributed by atoms with van der Waals surface area (Å²) >= 11 is 0. The Morgan fingerprint density at radius 3 is 2.52 bits per heavy atom. The van der Waals surface area contributed by atoms with E-state index in [-0.39, 0.29) is 5.91 Å². The topological polar surface area (TPSA) is 69.2 Å². The lowest BCUT2D eigenvalue weighted by Crippen LogP contribution is -2.12. The predicted molar refractivity (Wildman–Crippen MR) is 106 cm³/mol. The maximum absolute atomic E-state index is 10.9. The van der Waals surface area contributed by atoms with E-state index >= 15 is 0 Å². The maximum Gasteiger partial charge on any atom is 0.236 e. The molecule has 0 bridgehead atoms. The number of carbonyl (C=O) groups excluding carboxylic acids is 1. The van der Waals surface area contributed by atoms with E-state index in [9.17, 15) is 4.79 Å². The molecular weight excluding hydrogens is 344 g/mol. The first-order chi connectivity index (χ1) is 13.1. The second-order valence-electron chi connectivity index (χ2n) is 5.85. The SMILES string of the molecule is CCc1ccc(OCCCOc2c(/C=N\NC(C)=O)cccc2OC)cc1. The van der Waals surface area contributed by atoms with E-state index < -0.39 is 0 Å². The van der Waals surface area contributed by atoms with Crippen molar-refractivity contribution in [3.05, 3.63) is 53.6 Å². The monoisotopic (exact) mass is 370 g/mol. The molecule has 0 aliphatic heterocycles. The van der Waals surface area contributed by atoms with Gasteiger partial charge in [-0.3, -0.25) is 4.79 Å². The highest BCUT2D eigenvalue weighted by Crippen LogP contribution is 2.30. The highest BCUT2D eigenvalue weighted by atomic mass is 16.5. The van der Waals surface area contributed by atoms with Crippen LogP contribution in [0.3, 0.4) is 0 Å². The zero-order valence-electron chi connectivity index (χ0n) is 16.0. The van der Waals surface area contributed by atoms with Crippen LogP contribution >= 0.6 is 0 Å². The summed E-state index contributed by atoms with van der Waals surface area (Å²) in [5.41, 5.74) is 4.38. The van der Waals surface area contributed by atoms with E-state index in [0.29, 0.717) is 24.7 Å². The number of aryl methyl sites for hydroxylation is 1. The molecule has 27 heavy (non-hydrogen) atoms. The van der Waals surface area contributed by atoms with Crippen molar-refractivity contribution in [3.8, 4) is 17.2 Å². The quantitative estimate of drug-likeness (QED) is 0.394. The standard InChI is InChI=1S/C21H26N2O4/c1-4-17-9-11-19(12-10-17)26-13-6-14-27-21-18(15-22-23-16(2)24)7-5-8-20(21)25-3/h5,7-12,15H,4,6,13-14H2,1-3H3,(H,23,24)/b22-15-. The van der Waals surface area contributed by atoms with Crippen LogP contribution in [-0.4, -0.2) is 32.4 Å². The summed E-state index contributed by atoms with van der Waals surface area (Å²) < 4.78 is 17.0. The Morgan fingerprint density at radius 2 is 1.85 bits per heavy atom. The Morgan fingerprint density at radius 1 is 1.11 bits per heavy atom. The number of ether oxygens (including phenoxy) is 3. The smallest absolute Gasteiger partial charge is 0.236 e. The molecule has 0 unspecified atom stereocenters. The van der Waals surface area contributed by atoms with Gasteiger partial charge in [-0.2, -0.15) is 5.10 Å². The van der Waals surface area contributed by atoms with E-state index in [1.807, 2.05) is 30.3 Å². The average Bonchev–Trinajstić information content (AvgIpc) is 2.68. The van der Waals surface area contributed by atoms with Gasteiger partial charge in [-0.25, -0.2) is 5.43 Å². The molecule has 0 saturated heterocycles. The lowest BCUT2D eigenvalue weighted by molar-refractivity contribution is -0.118. The minimum absolute atomic E-state index is 0.235. The zero-order chi connectivity index (χ0) is 19.5. The normalized spacial score (nSPS) is 10.6. The Bertz CT molecular complexity index is 757.